The minimum atomic E-state index is -0.470. The van der Waals surface area contributed by atoms with Gasteiger partial charge in [-0.3, -0.25) is 4.79 Å². The second-order valence-electron chi connectivity index (χ2n) is 6.90. The number of ether oxygens (including phenoxy) is 2. The van der Waals surface area contributed by atoms with Gasteiger partial charge in [0.25, 0.3) is 5.88 Å². The van der Waals surface area contributed by atoms with Crippen LogP contribution in [0.3, 0.4) is 0 Å². The van der Waals surface area contributed by atoms with Gasteiger partial charge in [-0.25, -0.2) is 9.37 Å². The SMILES string of the molecule is O=C(C1=CCCCC1)N1CCO[C@@H]2[C@@H](Oc3ncccc3F)CC[C@H]21. The molecule has 1 aromatic heterocycles. The molecule has 3 aliphatic rings. The van der Waals surface area contributed by atoms with E-state index in [0.29, 0.717) is 13.2 Å². The number of carbonyl (C=O) groups is 1. The first-order chi connectivity index (χ1) is 12.2. The number of amides is 1. The van der Waals surface area contributed by atoms with Crippen LogP contribution in [0.15, 0.2) is 30.0 Å². The summed E-state index contributed by atoms with van der Waals surface area (Å²) >= 11 is 0. The van der Waals surface area contributed by atoms with Gasteiger partial charge in [0.15, 0.2) is 5.82 Å². The number of carbonyl (C=O) groups excluding carboxylic acids is 1. The third kappa shape index (κ3) is 3.27. The highest BCUT2D eigenvalue weighted by Gasteiger charge is 2.46. The average Bonchev–Trinajstić information content (AvgIpc) is 3.07. The van der Waals surface area contributed by atoms with Crippen LogP contribution in [0.4, 0.5) is 4.39 Å². The highest BCUT2D eigenvalue weighted by atomic mass is 19.1. The van der Waals surface area contributed by atoms with Gasteiger partial charge in [-0.15, -0.1) is 0 Å². The minimum absolute atomic E-state index is 0.000787. The van der Waals surface area contributed by atoms with Gasteiger partial charge in [-0.1, -0.05) is 6.08 Å². The highest BCUT2D eigenvalue weighted by Crippen LogP contribution is 2.34. The molecule has 134 valence electrons. The third-order valence-electron chi connectivity index (χ3n) is 5.35. The molecule has 3 atom stereocenters. The molecule has 1 aromatic rings. The van der Waals surface area contributed by atoms with Crippen LogP contribution >= 0.6 is 0 Å². The Labute approximate surface area is 146 Å². The molecule has 0 unspecified atom stereocenters. The normalized spacial score (nSPS) is 29.1. The number of aromatic nitrogens is 1. The standard InChI is InChI=1S/C19H23FN2O3/c20-14-7-4-10-21-18(14)25-16-9-8-15-17(16)24-12-11-22(15)19(23)13-5-2-1-3-6-13/h4-5,7,10,15-17H,1-3,6,8-9,11-12H2/t15-,16+,17+/m1/s1. The Morgan fingerprint density at radius 2 is 2.28 bits per heavy atom. The molecule has 25 heavy (non-hydrogen) atoms. The molecule has 1 saturated carbocycles. The monoisotopic (exact) mass is 346 g/mol. The molecule has 2 fully saturated rings. The molecule has 6 heteroatoms. The predicted octanol–water partition coefficient (Wildman–Crippen LogP) is 2.86. The molecule has 1 saturated heterocycles. The first-order valence-electron chi connectivity index (χ1n) is 9.13. The molecular formula is C19H23FN2O3. The molecule has 2 heterocycles. The van der Waals surface area contributed by atoms with Crippen molar-refractivity contribution in [2.45, 2.75) is 56.8 Å². The lowest BCUT2D eigenvalue weighted by Gasteiger charge is -2.39. The van der Waals surface area contributed by atoms with Crippen LogP contribution < -0.4 is 4.74 Å². The van der Waals surface area contributed by atoms with E-state index in [2.05, 4.69) is 11.1 Å². The van der Waals surface area contributed by atoms with Crippen molar-refractivity contribution in [2.24, 2.45) is 0 Å². The van der Waals surface area contributed by atoms with Gasteiger partial charge in [-0.05, 0) is 50.7 Å². The van der Waals surface area contributed by atoms with Crippen LogP contribution in [0.2, 0.25) is 0 Å². The Morgan fingerprint density at radius 1 is 1.36 bits per heavy atom. The second kappa shape index (κ2) is 7.12. The van der Waals surface area contributed by atoms with E-state index in [1.54, 1.807) is 0 Å². The number of fused-ring (bicyclic) bond motifs is 1. The van der Waals surface area contributed by atoms with Gasteiger partial charge >= 0.3 is 0 Å². The summed E-state index contributed by atoms with van der Waals surface area (Å²) in [6, 6.07) is 2.87. The number of halogens is 1. The molecule has 4 rings (SSSR count). The molecule has 0 bridgehead atoms. The van der Waals surface area contributed by atoms with Crippen LogP contribution in [-0.4, -0.2) is 47.2 Å². The zero-order valence-electron chi connectivity index (χ0n) is 14.2. The quantitative estimate of drug-likeness (QED) is 0.844. The van der Waals surface area contributed by atoms with E-state index in [-0.39, 0.29) is 30.0 Å². The zero-order valence-corrected chi connectivity index (χ0v) is 14.2. The van der Waals surface area contributed by atoms with Crippen molar-refractivity contribution in [2.75, 3.05) is 13.2 Å². The first-order valence-corrected chi connectivity index (χ1v) is 9.13. The minimum Gasteiger partial charge on any atom is -0.469 e. The summed E-state index contributed by atoms with van der Waals surface area (Å²) in [5.41, 5.74) is 0.937. The van der Waals surface area contributed by atoms with Gasteiger partial charge in [0.2, 0.25) is 5.91 Å². The van der Waals surface area contributed by atoms with Gasteiger partial charge < -0.3 is 14.4 Å². The summed E-state index contributed by atoms with van der Waals surface area (Å²) < 4.78 is 25.5. The lowest BCUT2D eigenvalue weighted by molar-refractivity contribution is -0.144. The lowest BCUT2D eigenvalue weighted by atomic mass is 9.97. The van der Waals surface area contributed by atoms with Gasteiger partial charge in [-0.2, -0.15) is 0 Å². The van der Waals surface area contributed by atoms with E-state index in [1.807, 2.05) is 4.90 Å². The maximum absolute atomic E-state index is 13.8. The summed E-state index contributed by atoms with van der Waals surface area (Å²) in [7, 11) is 0. The van der Waals surface area contributed by atoms with Crippen molar-refractivity contribution in [1.82, 2.24) is 9.88 Å². The largest absolute Gasteiger partial charge is 0.469 e. The summed E-state index contributed by atoms with van der Waals surface area (Å²) in [6.45, 7) is 1.10. The van der Waals surface area contributed by atoms with Crippen LogP contribution in [0.25, 0.3) is 0 Å². The van der Waals surface area contributed by atoms with Crippen LogP contribution in [0.5, 0.6) is 5.88 Å². The molecule has 0 spiro atoms. The fourth-order valence-electron chi connectivity index (χ4n) is 4.11. The Bertz CT molecular complexity index is 678. The Balaban J connectivity index is 1.47. The summed E-state index contributed by atoms with van der Waals surface area (Å²) in [5.74, 6) is -0.320. The summed E-state index contributed by atoms with van der Waals surface area (Å²) in [6.07, 6.45) is 8.75. The molecule has 2 aliphatic carbocycles. The maximum Gasteiger partial charge on any atom is 0.250 e. The Kier molecular flexibility index (Phi) is 4.70. The topological polar surface area (TPSA) is 51.7 Å². The van der Waals surface area contributed by atoms with E-state index in [0.717, 1.165) is 44.1 Å². The Morgan fingerprint density at radius 3 is 3.08 bits per heavy atom. The zero-order chi connectivity index (χ0) is 17.2. The molecule has 5 nitrogen and oxygen atoms in total. The van der Waals surface area contributed by atoms with Gasteiger partial charge in [0.05, 0.1) is 12.6 Å². The fourth-order valence-corrected chi connectivity index (χ4v) is 4.11. The van der Waals surface area contributed by atoms with Crippen LogP contribution in [0.1, 0.15) is 38.5 Å². The molecule has 0 N–H and O–H groups in total. The number of allylic oxidation sites excluding steroid dienone is 1. The van der Waals surface area contributed by atoms with Gasteiger partial charge in [0.1, 0.15) is 12.2 Å². The number of hydrogen-bond acceptors (Lipinski definition) is 4. The first kappa shape index (κ1) is 16.5. The van der Waals surface area contributed by atoms with Crippen molar-refractivity contribution in [3.05, 3.63) is 35.8 Å². The average molecular weight is 346 g/mol. The van der Waals surface area contributed by atoms with E-state index < -0.39 is 5.82 Å². The van der Waals surface area contributed by atoms with Gasteiger partial charge in [0, 0.05) is 18.3 Å². The fraction of sp³-hybridized carbons (Fsp3) is 0.579. The molecule has 0 radical (unpaired) electrons. The third-order valence-corrected chi connectivity index (χ3v) is 5.35. The second-order valence-corrected chi connectivity index (χ2v) is 6.90. The summed E-state index contributed by atoms with van der Waals surface area (Å²) in [5, 5.41) is 0. The van der Waals surface area contributed by atoms with Crippen LogP contribution in [0, 0.1) is 5.82 Å². The number of rotatable bonds is 3. The van der Waals surface area contributed by atoms with Crippen molar-refractivity contribution >= 4 is 5.91 Å². The van der Waals surface area contributed by atoms with Crippen molar-refractivity contribution in [1.29, 1.82) is 0 Å². The predicted molar refractivity (Wildman–Crippen MR) is 89.6 cm³/mol. The van der Waals surface area contributed by atoms with Crippen molar-refractivity contribution in [3.8, 4) is 5.88 Å². The lowest BCUT2D eigenvalue weighted by Crippen LogP contribution is -2.54. The number of hydrogen-bond donors (Lipinski definition) is 0. The highest BCUT2D eigenvalue weighted by molar-refractivity contribution is 5.93. The smallest absolute Gasteiger partial charge is 0.250 e. The van der Waals surface area contributed by atoms with E-state index in [9.17, 15) is 9.18 Å². The number of nitrogens with zero attached hydrogens (tertiary/aromatic N) is 2. The molecule has 1 aliphatic heterocycles. The van der Waals surface area contributed by atoms with E-state index in [1.165, 1.54) is 18.3 Å². The molecular weight excluding hydrogens is 323 g/mol. The summed E-state index contributed by atoms with van der Waals surface area (Å²) in [4.78, 5) is 18.8. The van der Waals surface area contributed by atoms with E-state index >= 15 is 0 Å². The van der Waals surface area contributed by atoms with Crippen molar-refractivity contribution in [3.63, 3.8) is 0 Å². The number of morpholine rings is 1. The van der Waals surface area contributed by atoms with Crippen molar-refractivity contribution < 1.29 is 18.7 Å². The Hall–Kier alpha value is -1.95. The van der Waals surface area contributed by atoms with Crippen LogP contribution in [-0.2, 0) is 9.53 Å². The maximum atomic E-state index is 13.8. The van der Waals surface area contributed by atoms with E-state index in [4.69, 9.17) is 9.47 Å². The molecule has 1 amide bonds. The molecule has 0 aromatic carbocycles. The number of pyridine rings is 1.